The molecule has 2 aliphatic heterocycles. The predicted octanol–water partition coefficient (Wildman–Crippen LogP) is 2.61. The van der Waals surface area contributed by atoms with Crippen LogP contribution in [0.3, 0.4) is 0 Å². The Labute approximate surface area is 163 Å². The van der Waals surface area contributed by atoms with Crippen LogP contribution in [0.15, 0.2) is 12.4 Å². The highest BCUT2D eigenvalue weighted by molar-refractivity contribution is 7.15. The molecule has 4 heterocycles. The standard InChI is InChI=1S/C19H26N6OS/c1-13-8-20-14(2)22-17(13)25-7-5-19(12-25)4-6-24(11-19)10-16-9-21-18(27-16)23-15(3)26/h8-9H,4-7,10-12H2,1-3H3,(H,21,23,26). The van der Waals surface area contributed by atoms with Crippen LogP contribution < -0.4 is 10.2 Å². The van der Waals surface area contributed by atoms with Gasteiger partial charge in [-0.05, 0) is 33.2 Å². The first-order valence-corrected chi connectivity index (χ1v) is 10.2. The summed E-state index contributed by atoms with van der Waals surface area (Å²) in [4.78, 5) is 30.6. The Kier molecular flexibility index (Phi) is 4.86. The van der Waals surface area contributed by atoms with Gasteiger partial charge in [-0.25, -0.2) is 15.0 Å². The fourth-order valence-corrected chi connectivity index (χ4v) is 5.16. The Morgan fingerprint density at radius 3 is 2.85 bits per heavy atom. The van der Waals surface area contributed by atoms with E-state index in [2.05, 4.69) is 37.0 Å². The van der Waals surface area contributed by atoms with Gasteiger partial charge in [-0.2, -0.15) is 0 Å². The summed E-state index contributed by atoms with van der Waals surface area (Å²) < 4.78 is 0. The molecule has 27 heavy (non-hydrogen) atoms. The van der Waals surface area contributed by atoms with Gasteiger partial charge >= 0.3 is 0 Å². The lowest BCUT2D eigenvalue weighted by Crippen LogP contribution is -2.31. The first-order valence-electron chi connectivity index (χ1n) is 9.42. The third-order valence-corrected chi connectivity index (χ3v) is 6.43. The Bertz CT molecular complexity index is 852. The van der Waals surface area contributed by atoms with Crippen molar-refractivity contribution in [2.24, 2.45) is 5.41 Å². The van der Waals surface area contributed by atoms with Crippen molar-refractivity contribution in [2.45, 2.75) is 40.2 Å². The van der Waals surface area contributed by atoms with E-state index < -0.39 is 0 Å². The molecule has 4 rings (SSSR count). The Morgan fingerprint density at radius 2 is 2.04 bits per heavy atom. The maximum absolute atomic E-state index is 11.2. The molecule has 0 radical (unpaired) electrons. The molecule has 0 bridgehead atoms. The van der Waals surface area contributed by atoms with Gasteiger partial charge in [0.2, 0.25) is 5.91 Å². The van der Waals surface area contributed by atoms with Gasteiger partial charge in [-0.3, -0.25) is 9.69 Å². The van der Waals surface area contributed by atoms with Crippen LogP contribution in [0.25, 0.3) is 0 Å². The SMILES string of the molecule is CC(=O)Nc1ncc(CN2CCC3(CCN(c4nc(C)ncc4C)C3)C2)s1. The van der Waals surface area contributed by atoms with E-state index in [9.17, 15) is 4.79 Å². The van der Waals surface area contributed by atoms with Gasteiger partial charge in [0, 0.05) is 61.4 Å². The molecule has 1 atom stereocenters. The summed E-state index contributed by atoms with van der Waals surface area (Å²) in [5, 5.41) is 3.45. The molecule has 0 aliphatic carbocycles. The maximum Gasteiger partial charge on any atom is 0.223 e. The number of amides is 1. The highest BCUT2D eigenvalue weighted by Crippen LogP contribution is 2.41. The van der Waals surface area contributed by atoms with Gasteiger partial charge in [0.05, 0.1) is 0 Å². The van der Waals surface area contributed by atoms with Crippen LogP contribution in [0.5, 0.6) is 0 Å². The molecular formula is C19H26N6OS. The Balaban J connectivity index is 1.38. The Morgan fingerprint density at radius 1 is 1.22 bits per heavy atom. The number of hydrogen-bond acceptors (Lipinski definition) is 7. The number of carbonyl (C=O) groups excluding carboxylic acids is 1. The first kappa shape index (κ1) is 18.3. The second-order valence-corrected chi connectivity index (χ2v) is 8.98. The average Bonchev–Trinajstić information content (AvgIpc) is 3.32. The summed E-state index contributed by atoms with van der Waals surface area (Å²) in [5.41, 5.74) is 1.51. The lowest BCUT2D eigenvalue weighted by atomic mass is 9.86. The summed E-state index contributed by atoms with van der Waals surface area (Å²) in [6.45, 7) is 10.8. The quantitative estimate of drug-likeness (QED) is 0.871. The molecule has 0 saturated carbocycles. The van der Waals surface area contributed by atoms with Gasteiger partial charge in [-0.1, -0.05) is 0 Å². The third kappa shape index (κ3) is 3.96. The van der Waals surface area contributed by atoms with Crippen molar-refractivity contribution in [3.8, 4) is 0 Å². The van der Waals surface area contributed by atoms with Crippen LogP contribution in [0.2, 0.25) is 0 Å². The van der Waals surface area contributed by atoms with Crippen molar-refractivity contribution in [3.05, 3.63) is 28.7 Å². The van der Waals surface area contributed by atoms with Gasteiger partial charge in [-0.15, -0.1) is 11.3 Å². The van der Waals surface area contributed by atoms with Gasteiger partial charge in [0.25, 0.3) is 0 Å². The summed E-state index contributed by atoms with van der Waals surface area (Å²) in [5.74, 6) is 1.86. The molecule has 0 aromatic carbocycles. The minimum absolute atomic E-state index is 0.0719. The van der Waals surface area contributed by atoms with Crippen LogP contribution in [0, 0.1) is 19.3 Å². The zero-order chi connectivity index (χ0) is 19.0. The number of nitrogens with zero attached hydrogens (tertiary/aromatic N) is 5. The maximum atomic E-state index is 11.2. The predicted molar refractivity (Wildman–Crippen MR) is 107 cm³/mol. The van der Waals surface area contributed by atoms with Crippen molar-refractivity contribution in [3.63, 3.8) is 0 Å². The topological polar surface area (TPSA) is 74.2 Å². The van der Waals surface area contributed by atoms with E-state index in [1.807, 2.05) is 19.3 Å². The first-order chi connectivity index (χ1) is 12.9. The molecule has 2 fully saturated rings. The summed E-state index contributed by atoms with van der Waals surface area (Å²) in [7, 11) is 0. The number of aromatic nitrogens is 3. The molecule has 144 valence electrons. The molecule has 1 spiro atoms. The molecule has 2 saturated heterocycles. The van der Waals surface area contributed by atoms with Gasteiger partial charge < -0.3 is 10.2 Å². The van der Waals surface area contributed by atoms with Crippen LogP contribution in [-0.4, -0.2) is 51.9 Å². The van der Waals surface area contributed by atoms with Gasteiger partial charge in [0.15, 0.2) is 5.13 Å². The summed E-state index contributed by atoms with van der Waals surface area (Å²) in [6.07, 6.45) is 6.25. The number of thiazole rings is 1. The van der Waals surface area contributed by atoms with E-state index in [1.165, 1.54) is 24.6 Å². The molecule has 8 heteroatoms. The lowest BCUT2D eigenvalue weighted by Gasteiger charge is -2.25. The van der Waals surface area contributed by atoms with Crippen LogP contribution in [0.1, 0.15) is 36.0 Å². The van der Waals surface area contributed by atoms with E-state index in [1.54, 1.807) is 11.3 Å². The number of likely N-dealkylation sites (tertiary alicyclic amines) is 1. The van der Waals surface area contributed by atoms with E-state index in [-0.39, 0.29) is 5.91 Å². The fraction of sp³-hybridized carbons (Fsp3) is 0.579. The van der Waals surface area contributed by atoms with E-state index in [0.717, 1.165) is 49.9 Å². The monoisotopic (exact) mass is 386 g/mol. The lowest BCUT2D eigenvalue weighted by molar-refractivity contribution is -0.114. The van der Waals surface area contributed by atoms with Crippen molar-refractivity contribution in [1.82, 2.24) is 19.9 Å². The van der Waals surface area contributed by atoms with Gasteiger partial charge in [0.1, 0.15) is 11.6 Å². The smallest absolute Gasteiger partial charge is 0.223 e. The number of anilines is 2. The highest BCUT2D eigenvalue weighted by Gasteiger charge is 2.44. The Hall–Kier alpha value is -2.06. The third-order valence-electron chi connectivity index (χ3n) is 5.54. The van der Waals surface area contributed by atoms with Crippen LogP contribution >= 0.6 is 11.3 Å². The molecule has 1 unspecified atom stereocenters. The second-order valence-electron chi connectivity index (χ2n) is 7.87. The van der Waals surface area contributed by atoms with Crippen molar-refractivity contribution in [2.75, 3.05) is 36.4 Å². The number of nitrogens with one attached hydrogen (secondary N) is 1. The number of aryl methyl sites for hydroxylation is 2. The normalized spacial score (nSPS) is 22.7. The molecule has 2 aromatic rings. The molecule has 1 N–H and O–H groups in total. The fourth-order valence-electron chi connectivity index (χ4n) is 4.26. The second kappa shape index (κ2) is 7.16. The molecular weight excluding hydrogens is 360 g/mol. The molecule has 2 aromatic heterocycles. The van der Waals surface area contributed by atoms with Crippen molar-refractivity contribution < 1.29 is 4.79 Å². The zero-order valence-electron chi connectivity index (χ0n) is 16.2. The molecule has 1 amide bonds. The summed E-state index contributed by atoms with van der Waals surface area (Å²) in [6, 6.07) is 0. The summed E-state index contributed by atoms with van der Waals surface area (Å²) >= 11 is 1.57. The number of rotatable bonds is 4. The van der Waals surface area contributed by atoms with E-state index in [0.29, 0.717) is 10.5 Å². The van der Waals surface area contributed by atoms with Crippen molar-refractivity contribution >= 4 is 28.2 Å². The number of carbonyl (C=O) groups is 1. The zero-order valence-corrected chi connectivity index (χ0v) is 17.0. The van der Waals surface area contributed by atoms with E-state index >= 15 is 0 Å². The van der Waals surface area contributed by atoms with Crippen LogP contribution in [0.4, 0.5) is 10.9 Å². The average molecular weight is 387 g/mol. The molecule has 2 aliphatic rings. The van der Waals surface area contributed by atoms with Crippen LogP contribution in [-0.2, 0) is 11.3 Å². The molecule has 7 nitrogen and oxygen atoms in total. The number of hydrogen-bond donors (Lipinski definition) is 1. The highest BCUT2D eigenvalue weighted by atomic mass is 32.1. The largest absolute Gasteiger partial charge is 0.356 e. The van der Waals surface area contributed by atoms with Crippen molar-refractivity contribution in [1.29, 1.82) is 0 Å². The minimum atomic E-state index is -0.0719. The minimum Gasteiger partial charge on any atom is -0.356 e. The van der Waals surface area contributed by atoms with E-state index in [4.69, 9.17) is 0 Å².